The Morgan fingerprint density at radius 2 is 1.97 bits per heavy atom. The van der Waals surface area contributed by atoms with Gasteiger partial charge in [-0.05, 0) is 30.7 Å². The summed E-state index contributed by atoms with van der Waals surface area (Å²) in [5.74, 6) is -1.33. The van der Waals surface area contributed by atoms with E-state index in [1.807, 2.05) is 0 Å². The standard InChI is InChI=1S/C22H25FN6O4/c23-15-1-3-16(4-2-15)26-21-18(20(25)30)12-29(27-21)19-13-28(8-5-14(19)11-24)22(31)33-17-6-9-32-10-7-17/h1-4,12,14,17,19H,5-10,13H2,(H2,25,30)(H,26,27)/t14-,19?/m0/s1. The molecule has 174 valence electrons. The molecule has 10 nitrogen and oxygen atoms in total. The number of nitrogens with two attached hydrogens (primary N) is 1. The van der Waals surface area contributed by atoms with Crippen molar-refractivity contribution >= 4 is 23.5 Å². The van der Waals surface area contributed by atoms with Gasteiger partial charge in [0.05, 0.1) is 31.2 Å². The Bertz CT molecular complexity index is 1040. The first-order valence-electron chi connectivity index (χ1n) is 10.8. The van der Waals surface area contributed by atoms with Gasteiger partial charge in [-0.1, -0.05) is 0 Å². The van der Waals surface area contributed by atoms with Gasteiger partial charge in [0.25, 0.3) is 5.91 Å². The third-order valence-electron chi connectivity index (χ3n) is 5.89. The van der Waals surface area contributed by atoms with Crippen molar-refractivity contribution in [2.24, 2.45) is 11.7 Å². The molecule has 2 fully saturated rings. The van der Waals surface area contributed by atoms with Crippen LogP contribution in [0.2, 0.25) is 0 Å². The van der Waals surface area contributed by atoms with E-state index in [4.69, 9.17) is 15.2 Å². The first kappa shape index (κ1) is 22.5. The second kappa shape index (κ2) is 9.87. The van der Waals surface area contributed by atoms with E-state index >= 15 is 0 Å². The summed E-state index contributed by atoms with van der Waals surface area (Å²) in [6.45, 7) is 1.71. The second-order valence-corrected chi connectivity index (χ2v) is 8.10. The minimum Gasteiger partial charge on any atom is -0.446 e. The molecule has 0 bridgehead atoms. The Morgan fingerprint density at radius 1 is 1.24 bits per heavy atom. The van der Waals surface area contributed by atoms with Crippen LogP contribution in [-0.2, 0) is 9.47 Å². The number of aromatic nitrogens is 2. The number of nitriles is 1. The Hall–Kier alpha value is -3.65. The number of likely N-dealkylation sites (tertiary alicyclic amines) is 1. The monoisotopic (exact) mass is 456 g/mol. The lowest BCUT2D eigenvalue weighted by atomic mass is 9.93. The van der Waals surface area contributed by atoms with Crippen LogP contribution >= 0.6 is 0 Å². The average Bonchev–Trinajstić information content (AvgIpc) is 3.24. The molecule has 1 unspecified atom stereocenters. The molecule has 1 aromatic heterocycles. The summed E-state index contributed by atoms with van der Waals surface area (Å²) >= 11 is 0. The zero-order valence-electron chi connectivity index (χ0n) is 17.9. The van der Waals surface area contributed by atoms with Crippen molar-refractivity contribution in [2.45, 2.75) is 31.4 Å². The number of benzene rings is 1. The van der Waals surface area contributed by atoms with Crippen molar-refractivity contribution in [1.82, 2.24) is 14.7 Å². The number of ether oxygens (including phenoxy) is 2. The number of piperidine rings is 1. The molecule has 0 spiro atoms. The average molecular weight is 456 g/mol. The van der Waals surface area contributed by atoms with E-state index in [9.17, 15) is 19.2 Å². The summed E-state index contributed by atoms with van der Waals surface area (Å²) in [5.41, 5.74) is 6.17. The lowest BCUT2D eigenvalue weighted by Gasteiger charge is -2.36. The van der Waals surface area contributed by atoms with E-state index in [0.29, 0.717) is 44.7 Å². The van der Waals surface area contributed by atoms with Crippen LogP contribution in [0.1, 0.15) is 35.7 Å². The van der Waals surface area contributed by atoms with E-state index in [1.54, 1.807) is 4.90 Å². The van der Waals surface area contributed by atoms with Crippen LogP contribution < -0.4 is 11.1 Å². The Morgan fingerprint density at radius 3 is 2.64 bits per heavy atom. The molecule has 1 aromatic carbocycles. The number of nitrogens with zero attached hydrogens (tertiary/aromatic N) is 4. The Balaban J connectivity index is 1.53. The Labute approximate surface area is 190 Å². The van der Waals surface area contributed by atoms with Gasteiger partial charge >= 0.3 is 6.09 Å². The molecule has 2 amide bonds. The van der Waals surface area contributed by atoms with Crippen molar-refractivity contribution in [2.75, 3.05) is 31.6 Å². The summed E-state index contributed by atoms with van der Waals surface area (Å²) in [5, 5.41) is 17.1. The third-order valence-corrected chi connectivity index (χ3v) is 5.89. The number of carbonyl (C=O) groups excluding carboxylic acids is 2. The molecule has 2 aromatic rings. The van der Waals surface area contributed by atoms with Crippen LogP contribution in [0.4, 0.5) is 20.7 Å². The van der Waals surface area contributed by atoms with Gasteiger partial charge in [0, 0.05) is 37.8 Å². The quantitative estimate of drug-likeness (QED) is 0.706. The smallest absolute Gasteiger partial charge is 0.410 e. The van der Waals surface area contributed by atoms with Gasteiger partial charge in [-0.3, -0.25) is 9.48 Å². The van der Waals surface area contributed by atoms with Crippen LogP contribution in [0.15, 0.2) is 30.5 Å². The largest absolute Gasteiger partial charge is 0.446 e. The fourth-order valence-corrected chi connectivity index (χ4v) is 4.03. The minimum atomic E-state index is -0.703. The number of hydrogen-bond acceptors (Lipinski definition) is 7. The summed E-state index contributed by atoms with van der Waals surface area (Å²) in [6.07, 6.45) is 2.60. The molecule has 0 saturated carbocycles. The van der Waals surface area contributed by atoms with E-state index in [2.05, 4.69) is 16.5 Å². The van der Waals surface area contributed by atoms with E-state index < -0.39 is 29.8 Å². The first-order chi connectivity index (χ1) is 15.9. The van der Waals surface area contributed by atoms with Crippen molar-refractivity contribution in [3.8, 4) is 6.07 Å². The third kappa shape index (κ3) is 5.23. The van der Waals surface area contributed by atoms with Crippen molar-refractivity contribution in [3.63, 3.8) is 0 Å². The number of halogens is 1. The molecular weight excluding hydrogens is 431 g/mol. The number of primary amides is 1. The molecule has 33 heavy (non-hydrogen) atoms. The van der Waals surface area contributed by atoms with Gasteiger partial charge < -0.3 is 25.4 Å². The highest BCUT2D eigenvalue weighted by Crippen LogP contribution is 2.30. The Kier molecular flexibility index (Phi) is 6.74. The van der Waals surface area contributed by atoms with Crippen LogP contribution in [0, 0.1) is 23.1 Å². The van der Waals surface area contributed by atoms with Crippen LogP contribution in [0.25, 0.3) is 0 Å². The van der Waals surface area contributed by atoms with Gasteiger partial charge in [0.2, 0.25) is 0 Å². The van der Waals surface area contributed by atoms with Gasteiger partial charge in [0.15, 0.2) is 5.82 Å². The van der Waals surface area contributed by atoms with Gasteiger partial charge in [-0.2, -0.15) is 10.4 Å². The molecule has 0 aliphatic carbocycles. The SMILES string of the molecule is N#C[C@@H]1CCN(C(=O)OC2CCOCC2)CC1n1cc(C(N)=O)c(Nc2ccc(F)cc2)n1. The second-order valence-electron chi connectivity index (χ2n) is 8.10. The van der Waals surface area contributed by atoms with Crippen LogP contribution in [0.5, 0.6) is 0 Å². The zero-order chi connectivity index (χ0) is 23.4. The summed E-state index contributed by atoms with van der Waals surface area (Å²) in [6, 6.07) is 7.34. The lowest BCUT2D eigenvalue weighted by Crippen LogP contribution is -2.46. The van der Waals surface area contributed by atoms with E-state index in [-0.39, 0.29) is 24.0 Å². The van der Waals surface area contributed by atoms with Crippen molar-refractivity contribution in [1.29, 1.82) is 5.26 Å². The fraction of sp³-hybridized carbons (Fsp3) is 0.455. The highest BCUT2D eigenvalue weighted by atomic mass is 19.1. The topological polar surface area (TPSA) is 136 Å². The summed E-state index contributed by atoms with van der Waals surface area (Å²) in [7, 11) is 0. The zero-order valence-corrected chi connectivity index (χ0v) is 17.9. The van der Waals surface area contributed by atoms with Crippen LogP contribution in [-0.4, -0.2) is 59.1 Å². The predicted octanol–water partition coefficient (Wildman–Crippen LogP) is 2.57. The van der Waals surface area contributed by atoms with Crippen LogP contribution in [0.3, 0.4) is 0 Å². The normalized spacial score (nSPS) is 21.3. The number of hydrogen-bond donors (Lipinski definition) is 2. The van der Waals surface area contributed by atoms with E-state index in [1.165, 1.54) is 35.1 Å². The number of amides is 2. The maximum atomic E-state index is 13.2. The van der Waals surface area contributed by atoms with Gasteiger partial charge in [0.1, 0.15) is 17.5 Å². The number of rotatable bonds is 5. The fourth-order valence-electron chi connectivity index (χ4n) is 4.03. The van der Waals surface area contributed by atoms with Crippen molar-refractivity contribution in [3.05, 3.63) is 41.8 Å². The van der Waals surface area contributed by atoms with Crippen molar-refractivity contribution < 1.29 is 23.5 Å². The highest BCUT2D eigenvalue weighted by Gasteiger charge is 2.35. The number of anilines is 2. The first-order valence-corrected chi connectivity index (χ1v) is 10.8. The molecule has 4 rings (SSSR count). The summed E-state index contributed by atoms with van der Waals surface area (Å²) < 4.78 is 25.6. The maximum Gasteiger partial charge on any atom is 0.410 e. The predicted molar refractivity (Wildman–Crippen MR) is 115 cm³/mol. The molecule has 2 aliphatic rings. The maximum absolute atomic E-state index is 13.2. The molecular formula is C22H25FN6O4. The number of carbonyl (C=O) groups is 2. The molecule has 2 aliphatic heterocycles. The molecule has 11 heteroatoms. The number of nitrogens with one attached hydrogen (secondary N) is 1. The lowest BCUT2D eigenvalue weighted by molar-refractivity contribution is -0.0150. The summed E-state index contributed by atoms with van der Waals surface area (Å²) in [4.78, 5) is 26.3. The molecule has 2 atom stereocenters. The van der Waals surface area contributed by atoms with E-state index in [0.717, 1.165) is 0 Å². The van der Waals surface area contributed by atoms with Gasteiger partial charge in [-0.15, -0.1) is 0 Å². The molecule has 3 heterocycles. The highest BCUT2D eigenvalue weighted by molar-refractivity contribution is 5.98. The molecule has 3 N–H and O–H groups in total. The molecule has 0 radical (unpaired) electrons. The minimum absolute atomic E-state index is 0.123. The molecule has 2 saturated heterocycles. The van der Waals surface area contributed by atoms with Gasteiger partial charge in [-0.25, -0.2) is 9.18 Å².